The smallest absolute Gasteiger partial charge is 0.269 e. The Morgan fingerprint density at radius 3 is 1.51 bits per heavy atom. The van der Waals surface area contributed by atoms with E-state index < -0.39 is 4.92 Å². The molecular weight excluding hydrogens is 1020 g/mol. The number of anilines is 1. The summed E-state index contributed by atoms with van der Waals surface area (Å²) in [6, 6.07) is 32.3. The summed E-state index contributed by atoms with van der Waals surface area (Å²) < 4.78 is 6.08. The molecule has 0 saturated heterocycles. The molecule has 20 heteroatoms. The van der Waals surface area contributed by atoms with Crippen molar-refractivity contribution in [1.82, 2.24) is 15.0 Å². The fraction of sp³-hybridized carbons (Fsp3) is 0.133. The van der Waals surface area contributed by atoms with Crippen molar-refractivity contribution >= 4 is 164 Å². The summed E-state index contributed by atoms with van der Waals surface area (Å²) in [6.07, 6.45) is 0. The van der Waals surface area contributed by atoms with Gasteiger partial charge in [-0.3, -0.25) is 20.2 Å². The maximum absolute atomic E-state index is 10.7. The number of rotatable bonds is 6. The first-order chi connectivity index (χ1) is 29.5. The number of hydrogen-bond acceptors (Lipinski definition) is 13. The summed E-state index contributed by atoms with van der Waals surface area (Å²) in [7, 11) is 0. The minimum atomic E-state index is -0.441. The van der Waals surface area contributed by atoms with Crippen LogP contribution >= 0.6 is 116 Å². The maximum Gasteiger partial charge on any atom is 0.269 e. The third-order valence-corrected chi connectivity index (χ3v) is 15.3. The highest BCUT2D eigenvalue weighted by Crippen LogP contribution is 2.38. The van der Waals surface area contributed by atoms with Gasteiger partial charge in [0.15, 0.2) is 12.6 Å². The second kappa shape index (κ2) is 25.0. The lowest BCUT2D eigenvalue weighted by atomic mass is 10.2. The average molecular weight is 1070 g/mol. The van der Waals surface area contributed by atoms with Gasteiger partial charge in [0, 0.05) is 59.8 Å². The van der Waals surface area contributed by atoms with Crippen molar-refractivity contribution in [2.24, 2.45) is 0 Å². The van der Waals surface area contributed by atoms with Crippen molar-refractivity contribution in [3.8, 4) is 0 Å². The number of H-pyrrole nitrogens is 1. The van der Waals surface area contributed by atoms with Gasteiger partial charge in [0.05, 0.1) is 40.5 Å². The van der Waals surface area contributed by atoms with E-state index in [2.05, 4.69) is 21.9 Å². The van der Waals surface area contributed by atoms with E-state index in [0.29, 0.717) is 10.0 Å². The molecule has 0 saturated carbocycles. The molecule has 0 unspecified atom stereocenters. The Hall–Kier alpha value is -4.33. The fourth-order valence-electron chi connectivity index (χ4n) is 5.35. The number of non-ortho nitro benzene ring substituents is 2. The number of nitrogens with zero attached hydrogens (tertiary/aromatic N) is 4. The van der Waals surface area contributed by atoms with Crippen molar-refractivity contribution < 1.29 is 9.85 Å². The number of benzene rings is 6. The number of fused-ring (bicyclic) bond motifs is 3. The molecule has 0 fully saturated rings. The van der Waals surface area contributed by atoms with Crippen LogP contribution in [0, 0.1) is 45.0 Å². The molecule has 0 spiro atoms. The summed E-state index contributed by atoms with van der Waals surface area (Å²) in [6.45, 7) is 5.65. The zero-order valence-electron chi connectivity index (χ0n) is 32.4. The van der Waals surface area contributed by atoms with Gasteiger partial charge in [-0.1, -0.05) is 92.2 Å². The Morgan fingerprint density at radius 1 is 0.585 bits per heavy atom. The van der Waals surface area contributed by atoms with E-state index in [0.717, 1.165) is 75.0 Å². The Kier molecular flexibility index (Phi) is 21.1. The molecule has 3 aromatic heterocycles. The van der Waals surface area contributed by atoms with Crippen molar-refractivity contribution in [2.45, 2.75) is 61.5 Å². The molecule has 3 heterocycles. The molecule has 6 aromatic carbocycles. The minimum absolute atomic E-state index is 0. The Bertz CT molecular complexity index is 3160. The lowest BCUT2D eigenvalue weighted by Gasteiger charge is -2.03. The highest BCUT2D eigenvalue weighted by molar-refractivity contribution is 8.01. The number of hydrogen-bond donors (Lipinski definition) is 2. The maximum atomic E-state index is 10.7. The molecule has 0 radical (unpaired) electrons. The Balaban J connectivity index is 0.000000235. The molecule has 10 nitrogen and oxygen atoms in total. The number of aromatic nitrogens is 3. The highest BCUT2D eigenvalue weighted by atomic mass is 35.5. The molecule has 0 aliphatic heterocycles. The number of nitrogen functional groups attached to an aromatic ring is 1. The topological polar surface area (TPSA) is 154 Å². The van der Waals surface area contributed by atoms with Gasteiger partial charge in [-0.2, -0.15) is 0 Å². The molecule has 3 N–H and O–H groups in total. The first kappa shape index (κ1) is 55.0. The standard InChI is InChI=1S/C14H9ClN2O2S2.C14H11ClN2S2.C7H6ClNO2.C7H4ClNS2.3CH4/c1-8-6-10(17(18)19)3-5-12(8)20-14-16-11-7-9(15)2-4-13(11)21-14;1-8-6-10(16)3-5-12(8)18-14-17-11-7-9(15)2-4-13(11)19-14;1-5-4-6(9(10)11)2-3-7(5)8;8-4-1-2-6-5(3-4)9-7(10)11-6;;;/h2-7H,1H3;2-7H,16H2,1H3;2-4H,1H3;1-3H,(H,9,10);3*1H4. The summed E-state index contributed by atoms with van der Waals surface area (Å²) in [5, 5.41) is 23.6. The van der Waals surface area contributed by atoms with Crippen LogP contribution in [0.2, 0.25) is 20.1 Å². The lowest BCUT2D eigenvalue weighted by Crippen LogP contribution is -1.89. The van der Waals surface area contributed by atoms with Gasteiger partial charge in [0.1, 0.15) is 0 Å². The van der Waals surface area contributed by atoms with Crippen LogP contribution in [-0.2, 0) is 0 Å². The SMILES string of the molecule is C.C.C.Cc1cc(N)ccc1Sc1nc2cc(Cl)ccc2s1.Cc1cc([N+](=O)[O-])ccc1Cl.Cc1cc([N+](=O)[O-])ccc1Sc1nc2cc(Cl)ccc2s1.S=c1[nH]c2cc(Cl)ccc2s1. The van der Waals surface area contributed by atoms with Crippen LogP contribution in [0.4, 0.5) is 17.1 Å². The zero-order valence-corrected chi connectivity index (χ0v) is 40.3. The largest absolute Gasteiger partial charge is 0.399 e. The molecule has 0 aliphatic rings. The van der Waals surface area contributed by atoms with E-state index in [4.69, 9.17) is 64.4 Å². The van der Waals surface area contributed by atoms with E-state index in [-0.39, 0.29) is 38.6 Å². The monoisotopic (exact) mass is 1060 g/mol. The predicted molar refractivity (Wildman–Crippen MR) is 286 cm³/mol. The van der Waals surface area contributed by atoms with Crippen LogP contribution in [0.1, 0.15) is 39.0 Å². The summed E-state index contributed by atoms with van der Waals surface area (Å²) in [5.74, 6) is 0. The van der Waals surface area contributed by atoms with Gasteiger partial charge in [-0.05, 0) is 135 Å². The average Bonchev–Trinajstić information content (AvgIpc) is 3.92. The number of aryl methyl sites for hydroxylation is 3. The van der Waals surface area contributed by atoms with Gasteiger partial charge < -0.3 is 10.7 Å². The summed E-state index contributed by atoms with van der Waals surface area (Å²) in [4.78, 5) is 34.5. The van der Waals surface area contributed by atoms with Crippen LogP contribution < -0.4 is 5.73 Å². The number of thiazole rings is 3. The van der Waals surface area contributed by atoms with E-state index in [1.807, 2.05) is 79.7 Å². The van der Waals surface area contributed by atoms with E-state index >= 15 is 0 Å². The normalized spacial score (nSPS) is 10.2. The Labute approximate surface area is 422 Å². The number of nitrogens with two attached hydrogens (primary N) is 1. The molecule has 0 amide bonds. The summed E-state index contributed by atoms with van der Waals surface area (Å²) in [5.41, 5.74) is 12.3. The third kappa shape index (κ3) is 15.4. The second-order valence-electron chi connectivity index (χ2n) is 13.0. The molecule has 0 atom stereocenters. The van der Waals surface area contributed by atoms with Crippen molar-refractivity contribution in [2.75, 3.05) is 5.73 Å². The van der Waals surface area contributed by atoms with Crippen LogP contribution in [0.5, 0.6) is 0 Å². The van der Waals surface area contributed by atoms with Crippen LogP contribution in [0.25, 0.3) is 30.6 Å². The lowest BCUT2D eigenvalue weighted by molar-refractivity contribution is -0.385. The number of nitro benzene ring substituents is 2. The molecule has 0 aliphatic carbocycles. The first-order valence-corrected chi connectivity index (χ1v) is 23.8. The zero-order chi connectivity index (χ0) is 44.7. The number of nitro groups is 2. The Morgan fingerprint density at radius 2 is 1.03 bits per heavy atom. The molecule has 9 aromatic rings. The third-order valence-electron chi connectivity index (χ3n) is 8.36. The van der Waals surface area contributed by atoms with Gasteiger partial charge in [0.2, 0.25) is 0 Å². The van der Waals surface area contributed by atoms with Crippen LogP contribution in [-0.4, -0.2) is 24.8 Å². The predicted octanol–water partition coefficient (Wildman–Crippen LogP) is 18.4. The molecule has 65 heavy (non-hydrogen) atoms. The minimum Gasteiger partial charge on any atom is -0.399 e. The molecule has 0 bridgehead atoms. The van der Waals surface area contributed by atoms with E-state index in [9.17, 15) is 20.2 Å². The van der Waals surface area contributed by atoms with E-state index in [1.165, 1.54) is 46.5 Å². The number of nitrogens with one attached hydrogen (secondary N) is 1. The summed E-state index contributed by atoms with van der Waals surface area (Å²) >= 11 is 36.3. The number of aromatic amines is 1. The fourth-order valence-corrected chi connectivity index (χ4v) is 11.2. The number of halogens is 4. The van der Waals surface area contributed by atoms with Crippen LogP contribution in [0.3, 0.4) is 0 Å². The molecular formula is C45H42Cl4N6O4S6. The first-order valence-electron chi connectivity index (χ1n) is 17.8. The van der Waals surface area contributed by atoms with Gasteiger partial charge in [-0.25, -0.2) is 9.97 Å². The van der Waals surface area contributed by atoms with E-state index in [1.54, 1.807) is 64.8 Å². The quantitative estimate of drug-likeness (QED) is 0.0712. The van der Waals surface area contributed by atoms with Gasteiger partial charge >= 0.3 is 0 Å². The second-order valence-corrected chi connectivity index (χ2v) is 21.0. The molecule has 340 valence electrons. The van der Waals surface area contributed by atoms with Gasteiger partial charge in [-0.15, -0.1) is 34.0 Å². The van der Waals surface area contributed by atoms with Crippen molar-refractivity contribution in [1.29, 1.82) is 0 Å². The van der Waals surface area contributed by atoms with Crippen molar-refractivity contribution in [3.63, 3.8) is 0 Å². The van der Waals surface area contributed by atoms with Crippen molar-refractivity contribution in [3.05, 3.63) is 170 Å². The van der Waals surface area contributed by atoms with Gasteiger partial charge in [0.25, 0.3) is 11.4 Å². The molecule has 9 rings (SSSR count). The van der Waals surface area contributed by atoms with Crippen LogP contribution in [0.15, 0.2) is 128 Å². The highest BCUT2D eigenvalue weighted by Gasteiger charge is 2.12.